The van der Waals surface area contributed by atoms with Gasteiger partial charge in [-0.25, -0.2) is 4.98 Å². The van der Waals surface area contributed by atoms with E-state index in [2.05, 4.69) is 4.98 Å². The zero-order valence-electron chi connectivity index (χ0n) is 13.4. The number of nitrogens with two attached hydrogens (primary N) is 1. The van der Waals surface area contributed by atoms with Gasteiger partial charge in [0.25, 0.3) is 5.91 Å². The minimum atomic E-state index is -0.389. The Morgan fingerprint density at radius 1 is 1.28 bits per heavy atom. The smallest absolute Gasteiger partial charge is 0.273 e. The average molecular weight is 398 g/mol. The minimum absolute atomic E-state index is 0.145. The Labute approximate surface area is 159 Å². The van der Waals surface area contributed by atoms with Crippen LogP contribution in [0.2, 0.25) is 10.0 Å². The number of primary amides is 1. The van der Waals surface area contributed by atoms with E-state index in [1.807, 2.05) is 6.07 Å². The Hall–Kier alpha value is -1.63. The van der Waals surface area contributed by atoms with Gasteiger partial charge in [0.2, 0.25) is 5.91 Å². The Morgan fingerprint density at radius 2 is 2.08 bits per heavy atom. The molecule has 1 unspecified atom stereocenters. The standard InChI is InChI=1S/C17H17Cl2N3O2S/c18-12-5-4-10(7-13(12)19)16-21-14(9-25-16)17(24)22-6-2-1-3-11(22)8-15(20)23/h4-5,7,9,11H,1-3,6,8H2,(H2,20,23). The van der Waals surface area contributed by atoms with Crippen molar-refractivity contribution >= 4 is 46.4 Å². The zero-order valence-corrected chi connectivity index (χ0v) is 15.7. The number of halogens is 2. The van der Waals surface area contributed by atoms with Crippen molar-refractivity contribution in [3.05, 3.63) is 39.3 Å². The molecule has 5 nitrogen and oxygen atoms in total. The van der Waals surface area contributed by atoms with Crippen LogP contribution in [0.25, 0.3) is 10.6 Å². The third-order valence-corrected chi connectivity index (χ3v) is 5.85. The molecule has 1 atom stereocenters. The summed E-state index contributed by atoms with van der Waals surface area (Å²) in [4.78, 5) is 30.3. The lowest BCUT2D eigenvalue weighted by atomic mass is 9.98. The molecule has 2 N–H and O–H groups in total. The second-order valence-electron chi connectivity index (χ2n) is 5.99. The fraction of sp³-hybridized carbons (Fsp3) is 0.353. The van der Waals surface area contributed by atoms with Crippen molar-refractivity contribution in [3.8, 4) is 10.6 Å². The summed E-state index contributed by atoms with van der Waals surface area (Å²) in [6.07, 6.45) is 2.89. The first-order chi connectivity index (χ1) is 12.0. The number of carbonyl (C=O) groups excluding carboxylic acids is 2. The van der Waals surface area contributed by atoms with E-state index >= 15 is 0 Å². The van der Waals surface area contributed by atoms with Gasteiger partial charge in [0, 0.05) is 30.0 Å². The second-order valence-corrected chi connectivity index (χ2v) is 7.66. The van der Waals surface area contributed by atoms with Gasteiger partial charge in [-0.15, -0.1) is 11.3 Å². The number of rotatable bonds is 4. The molecule has 1 aliphatic heterocycles. The van der Waals surface area contributed by atoms with E-state index in [1.165, 1.54) is 11.3 Å². The molecule has 132 valence electrons. The van der Waals surface area contributed by atoms with E-state index in [-0.39, 0.29) is 24.3 Å². The number of benzene rings is 1. The molecule has 0 saturated carbocycles. The van der Waals surface area contributed by atoms with E-state index in [1.54, 1.807) is 22.4 Å². The van der Waals surface area contributed by atoms with Gasteiger partial charge in [0.05, 0.1) is 10.0 Å². The van der Waals surface area contributed by atoms with Gasteiger partial charge in [-0.2, -0.15) is 0 Å². The summed E-state index contributed by atoms with van der Waals surface area (Å²) in [6.45, 7) is 0.621. The maximum atomic E-state index is 12.8. The van der Waals surface area contributed by atoms with E-state index in [0.29, 0.717) is 27.3 Å². The Bertz CT molecular complexity index is 809. The topological polar surface area (TPSA) is 76.3 Å². The number of aromatic nitrogens is 1. The van der Waals surface area contributed by atoms with Crippen LogP contribution in [0.15, 0.2) is 23.6 Å². The van der Waals surface area contributed by atoms with Crippen molar-refractivity contribution in [3.63, 3.8) is 0 Å². The maximum absolute atomic E-state index is 12.8. The van der Waals surface area contributed by atoms with Crippen LogP contribution in [0, 0.1) is 0 Å². The first-order valence-electron chi connectivity index (χ1n) is 7.96. The fourth-order valence-electron chi connectivity index (χ4n) is 2.99. The van der Waals surface area contributed by atoms with E-state index < -0.39 is 0 Å². The van der Waals surface area contributed by atoms with Gasteiger partial charge >= 0.3 is 0 Å². The van der Waals surface area contributed by atoms with Crippen molar-refractivity contribution in [2.75, 3.05) is 6.54 Å². The number of piperidine rings is 1. The lowest BCUT2D eigenvalue weighted by Gasteiger charge is -2.34. The number of hydrogen-bond acceptors (Lipinski definition) is 4. The molecule has 3 rings (SSSR count). The van der Waals surface area contributed by atoms with E-state index in [9.17, 15) is 9.59 Å². The van der Waals surface area contributed by atoms with Gasteiger partial charge in [0.15, 0.2) is 0 Å². The molecule has 1 saturated heterocycles. The Kier molecular flexibility index (Phi) is 5.61. The third kappa shape index (κ3) is 4.14. The van der Waals surface area contributed by atoms with Crippen LogP contribution in [-0.4, -0.2) is 34.3 Å². The van der Waals surface area contributed by atoms with Crippen LogP contribution in [0.4, 0.5) is 0 Å². The molecule has 0 radical (unpaired) electrons. The van der Waals surface area contributed by atoms with Gasteiger partial charge in [-0.1, -0.05) is 29.3 Å². The monoisotopic (exact) mass is 397 g/mol. The SMILES string of the molecule is NC(=O)CC1CCCCN1C(=O)c1csc(-c2ccc(Cl)c(Cl)c2)n1. The Morgan fingerprint density at radius 3 is 2.80 bits per heavy atom. The van der Waals surface area contributed by atoms with E-state index in [0.717, 1.165) is 24.8 Å². The molecular formula is C17H17Cl2N3O2S. The molecule has 2 aromatic rings. The molecule has 1 aromatic carbocycles. The average Bonchev–Trinajstić information content (AvgIpc) is 3.07. The van der Waals surface area contributed by atoms with Crippen LogP contribution >= 0.6 is 34.5 Å². The molecule has 2 amide bonds. The number of amides is 2. The molecule has 8 heteroatoms. The molecule has 0 aliphatic carbocycles. The normalized spacial score (nSPS) is 17.5. The lowest BCUT2D eigenvalue weighted by Crippen LogP contribution is -2.45. The molecular weight excluding hydrogens is 381 g/mol. The van der Waals surface area contributed by atoms with Crippen molar-refractivity contribution in [2.24, 2.45) is 5.73 Å². The maximum Gasteiger partial charge on any atom is 0.273 e. The first kappa shape index (κ1) is 18.2. The number of hydrogen-bond donors (Lipinski definition) is 1. The number of thiazole rings is 1. The zero-order chi connectivity index (χ0) is 18.0. The van der Waals surface area contributed by atoms with Crippen molar-refractivity contribution < 1.29 is 9.59 Å². The highest BCUT2D eigenvalue weighted by molar-refractivity contribution is 7.13. The summed E-state index contributed by atoms with van der Waals surface area (Å²) >= 11 is 13.4. The van der Waals surface area contributed by atoms with Crippen molar-refractivity contribution in [1.82, 2.24) is 9.88 Å². The van der Waals surface area contributed by atoms with Crippen molar-refractivity contribution in [1.29, 1.82) is 0 Å². The van der Waals surface area contributed by atoms with Crippen LogP contribution in [0.3, 0.4) is 0 Å². The molecule has 0 bridgehead atoms. The highest BCUT2D eigenvalue weighted by atomic mass is 35.5. The molecule has 0 spiro atoms. The van der Waals surface area contributed by atoms with Crippen LogP contribution in [0.1, 0.15) is 36.2 Å². The minimum Gasteiger partial charge on any atom is -0.370 e. The van der Waals surface area contributed by atoms with Gasteiger partial charge in [0.1, 0.15) is 10.7 Å². The number of likely N-dealkylation sites (tertiary alicyclic amines) is 1. The second kappa shape index (κ2) is 7.72. The molecule has 2 heterocycles. The molecule has 1 fully saturated rings. The summed E-state index contributed by atoms with van der Waals surface area (Å²) in [5.74, 6) is -0.548. The summed E-state index contributed by atoms with van der Waals surface area (Å²) in [6, 6.07) is 5.11. The lowest BCUT2D eigenvalue weighted by molar-refractivity contribution is -0.119. The van der Waals surface area contributed by atoms with Gasteiger partial charge in [-0.3, -0.25) is 9.59 Å². The van der Waals surface area contributed by atoms with Crippen LogP contribution in [-0.2, 0) is 4.79 Å². The van der Waals surface area contributed by atoms with Gasteiger partial charge < -0.3 is 10.6 Å². The van der Waals surface area contributed by atoms with E-state index in [4.69, 9.17) is 28.9 Å². The largest absolute Gasteiger partial charge is 0.370 e. The molecule has 1 aliphatic rings. The quantitative estimate of drug-likeness (QED) is 0.846. The highest BCUT2D eigenvalue weighted by Gasteiger charge is 2.29. The predicted molar refractivity (Wildman–Crippen MR) is 100 cm³/mol. The number of nitrogens with zero attached hydrogens (tertiary/aromatic N) is 2. The highest BCUT2D eigenvalue weighted by Crippen LogP contribution is 2.31. The van der Waals surface area contributed by atoms with Crippen molar-refractivity contribution in [2.45, 2.75) is 31.7 Å². The summed E-state index contributed by atoms with van der Waals surface area (Å²) < 4.78 is 0. The fourth-order valence-corrected chi connectivity index (χ4v) is 4.08. The number of carbonyl (C=O) groups is 2. The summed E-state index contributed by atoms with van der Waals surface area (Å²) in [5.41, 5.74) is 6.51. The predicted octanol–water partition coefficient (Wildman–Crippen LogP) is 3.99. The van der Waals surface area contributed by atoms with Gasteiger partial charge in [-0.05, 0) is 31.4 Å². The first-order valence-corrected chi connectivity index (χ1v) is 9.59. The van der Waals surface area contributed by atoms with Crippen LogP contribution in [0.5, 0.6) is 0 Å². The molecule has 25 heavy (non-hydrogen) atoms. The third-order valence-electron chi connectivity index (χ3n) is 4.21. The van der Waals surface area contributed by atoms with Crippen LogP contribution < -0.4 is 5.73 Å². The Balaban J connectivity index is 1.81. The molecule has 1 aromatic heterocycles. The summed E-state index contributed by atoms with van der Waals surface area (Å²) in [5, 5.41) is 3.35. The summed E-state index contributed by atoms with van der Waals surface area (Å²) in [7, 11) is 0.